The van der Waals surface area contributed by atoms with Gasteiger partial charge < -0.3 is 14.5 Å². The molecule has 0 amide bonds. The quantitative estimate of drug-likeness (QED) is 0.462. The van der Waals surface area contributed by atoms with Gasteiger partial charge in [-0.3, -0.25) is 0 Å². The molecule has 1 saturated heterocycles. The fraction of sp³-hybridized carbons (Fsp3) is 0.333. The summed E-state index contributed by atoms with van der Waals surface area (Å²) in [7, 11) is 0. The third-order valence-electron chi connectivity index (χ3n) is 6.17. The predicted molar refractivity (Wildman–Crippen MR) is 127 cm³/mol. The number of benzene rings is 1. The normalized spacial score (nSPS) is 17.1. The molecule has 5 rings (SSSR count). The first-order valence-corrected chi connectivity index (χ1v) is 11.7. The van der Waals surface area contributed by atoms with Gasteiger partial charge in [0, 0.05) is 30.1 Å². The molecular weight excluding hydrogens is 463 g/mol. The average molecular weight is 485 g/mol. The summed E-state index contributed by atoms with van der Waals surface area (Å²) in [6.07, 6.45) is 11.6. The molecule has 1 aliphatic carbocycles. The standard InChI is InChI=1S/C24H22Cl2N4O3/c25-18-2-1-3-19(26)20(18)21-17(22(33-29-21)15-5-6-15)7-4-14-8-10-30(11-9-14)16-12-27-23(24(31)32)28-13-16/h1-4,7,12-15H,5-6,8-11H2,(H,31,32). The Hall–Kier alpha value is -2.90. The zero-order valence-corrected chi connectivity index (χ0v) is 19.3. The highest BCUT2D eigenvalue weighted by molar-refractivity contribution is 6.39. The van der Waals surface area contributed by atoms with Crippen LogP contribution in [0.5, 0.6) is 0 Å². The summed E-state index contributed by atoms with van der Waals surface area (Å²) >= 11 is 12.9. The second-order valence-corrected chi connectivity index (χ2v) is 9.25. The molecule has 3 heterocycles. The van der Waals surface area contributed by atoms with E-state index in [0.29, 0.717) is 33.1 Å². The van der Waals surface area contributed by atoms with E-state index in [-0.39, 0.29) is 5.82 Å². The summed E-state index contributed by atoms with van der Waals surface area (Å²) in [6, 6.07) is 5.44. The van der Waals surface area contributed by atoms with Crippen LogP contribution in [0.1, 0.15) is 53.5 Å². The van der Waals surface area contributed by atoms with Crippen molar-refractivity contribution in [1.29, 1.82) is 0 Å². The number of nitrogens with zero attached hydrogens (tertiary/aromatic N) is 4. The predicted octanol–water partition coefficient (Wildman–Crippen LogP) is 5.94. The van der Waals surface area contributed by atoms with E-state index in [9.17, 15) is 4.79 Å². The molecule has 2 fully saturated rings. The molecule has 3 aromatic rings. The third-order valence-corrected chi connectivity index (χ3v) is 6.80. The summed E-state index contributed by atoms with van der Waals surface area (Å²) in [6.45, 7) is 1.68. The van der Waals surface area contributed by atoms with E-state index < -0.39 is 5.97 Å². The van der Waals surface area contributed by atoms with E-state index in [1.807, 2.05) is 18.2 Å². The Morgan fingerprint density at radius 2 is 1.76 bits per heavy atom. The molecular formula is C24H22Cl2N4O3. The Kier molecular flexibility index (Phi) is 6.08. The maximum absolute atomic E-state index is 11.0. The zero-order valence-electron chi connectivity index (χ0n) is 17.7. The smallest absolute Gasteiger partial charge is 0.373 e. The number of rotatable bonds is 6. The van der Waals surface area contributed by atoms with E-state index in [1.54, 1.807) is 12.4 Å². The molecule has 2 aliphatic rings. The van der Waals surface area contributed by atoms with E-state index >= 15 is 0 Å². The van der Waals surface area contributed by atoms with E-state index in [0.717, 1.165) is 55.8 Å². The fourth-order valence-electron chi connectivity index (χ4n) is 4.19. The van der Waals surface area contributed by atoms with Gasteiger partial charge in [0.1, 0.15) is 11.5 Å². The van der Waals surface area contributed by atoms with Gasteiger partial charge in [-0.2, -0.15) is 0 Å². The van der Waals surface area contributed by atoms with Crippen molar-refractivity contribution in [1.82, 2.24) is 15.1 Å². The number of halogens is 2. The van der Waals surface area contributed by atoms with Gasteiger partial charge in [0.15, 0.2) is 0 Å². The summed E-state index contributed by atoms with van der Waals surface area (Å²) in [4.78, 5) is 21.0. The van der Waals surface area contributed by atoms with Crippen molar-refractivity contribution in [3.05, 3.63) is 63.9 Å². The SMILES string of the molecule is O=C(O)c1ncc(N2CCC(C=Cc3c(-c4c(Cl)cccc4Cl)noc3C3CC3)CC2)cn1. The van der Waals surface area contributed by atoms with Crippen LogP contribution in [0.15, 0.2) is 41.2 Å². The third kappa shape index (κ3) is 4.61. The van der Waals surface area contributed by atoms with E-state index in [1.165, 1.54) is 0 Å². The highest BCUT2D eigenvalue weighted by Gasteiger charge is 2.32. The minimum absolute atomic E-state index is 0.189. The topological polar surface area (TPSA) is 92.3 Å². The van der Waals surface area contributed by atoms with Gasteiger partial charge in [-0.25, -0.2) is 14.8 Å². The maximum Gasteiger partial charge on any atom is 0.373 e. The van der Waals surface area contributed by atoms with Crippen LogP contribution in [0, 0.1) is 5.92 Å². The molecule has 0 bridgehead atoms. The van der Waals surface area contributed by atoms with Gasteiger partial charge in [0.05, 0.1) is 28.1 Å². The van der Waals surface area contributed by atoms with Crippen LogP contribution in [0.2, 0.25) is 10.0 Å². The van der Waals surface area contributed by atoms with Gasteiger partial charge in [-0.05, 0) is 43.7 Å². The van der Waals surface area contributed by atoms with Crippen LogP contribution in [-0.2, 0) is 0 Å². The second-order valence-electron chi connectivity index (χ2n) is 8.43. The molecule has 1 N–H and O–H groups in total. The summed E-state index contributed by atoms with van der Waals surface area (Å²) < 4.78 is 5.74. The van der Waals surface area contributed by atoms with Gasteiger partial charge in [0.2, 0.25) is 5.82 Å². The van der Waals surface area contributed by atoms with Crippen LogP contribution in [0.3, 0.4) is 0 Å². The summed E-state index contributed by atoms with van der Waals surface area (Å²) in [5.41, 5.74) is 3.20. The number of aromatic carboxylic acids is 1. The number of carbonyl (C=O) groups is 1. The van der Waals surface area contributed by atoms with Crippen molar-refractivity contribution in [2.24, 2.45) is 5.92 Å². The molecule has 0 spiro atoms. The van der Waals surface area contributed by atoms with Gasteiger partial charge in [-0.1, -0.05) is 46.6 Å². The Bertz CT molecular complexity index is 1180. The van der Waals surface area contributed by atoms with Crippen LogP contribution >= 0.6 is 23.2 Å². The number of aromatic nitrogens is 3. The van der Waals surface area contributed by atoms with Crippen LogP contribution in [-0.4, -0.2) is 39.3 Å². The number of hydrogen-bond donors (Lipinski definition) is 1. The molecule has 7 nitrogen and oxygen atoms in total. The number of carboxylic acids is 1. The van der Waals surface area contributed by atoms with Crippen molar-refractivity contribution >= 4 is 40.9 Å². The fourth-order valence-corrected chi connectivity index (χ4v) is 4.77. The lowest BCUT2D eigenvalue weighted by molar-refractivity contribution is 0.0683. The molecule has 0 unspecified atom stereocenters. The van der Waals surface area contributed by atoms with Crippen LogP contribution in [0.25, 0.3) is 17.3 Å². The number of carboxylic acid groups (broad SMARTS) is 1. The van der Waals surface area contributed by atoms with Crippen molar-refractivity contribution in [2.75, 3.05) is 18.0 Å². The largest absolute Gasteiger partial charge is 0.475 e. The summed E-state index contributed by atoms with van der Waals surface area (Å²) in [5.74, 6) is 0.401. The number of anilines is 1. The van der Waals surface area contributed by atoms with Gasteiger partial charge >= 0.3 is 5.97 Å². The Labute approximate surface area is 201 Å². The Morgan fingerprint density at radius 3 is 2.36 bits per heavy atom. The molecule has 1 saturated carbocycles. The highest BCUT2D eigenvalue weighted by atomic mass is 35.5. The number of allylic oxidation sites excluding steroid dienone is 1. The minimum Gasteiger partial charge on any atom is -0.475 e. The van der Waals surface area contributed by atoms with Crippen molar-refractivity contribution in [2.45, 2.75) is 31.6 Å². The molecule has 0 atom stereocenters. The van der Waals surface area contributed by atoms with E-state index in [2.05, 4.69) is 32.2 Å². The molecule has 9 heteroatoms. The molecule has 170 valence electrons. The maximum atomic E-state index is 11.0. The minimum atomic E-state index is -1.12. The van der Waals surface area contributed by atoms with Gasteiger partial charge in [0.25, 0.3) is 0 Å². The first kappa shape index (κ1) is 21.9. The van der Waals surface area contributed by atoms with Crippen molar-refractivity contribution in [3.63, 3.8) is 0 Å². The monoisotopic (exact) mass is 484 g/mol. The van der Waals surface area contributed by atoms with E-state index in [4.69, 9.17) is 32.8 Å². The molecule has 33 heavy (non-hydrogen) atoms. The zero-order chi connectivity index (χ0) is 22.9. The molecule has 1 aromatic carbocycles. The second kappa shape index (κ2) is 9.15. The van der Waals surface area contributed by atoms with Crippen LogP contribution < -0.4 is 4.90 Å². The lowest BCUT2D eigenvalue weighted by Crippen LogP contribution is -2.33. The lowest BCUT2D eigenvalue weighted by atomic mass is 9.94. The Balaban J connectivity index is 1.32. The number of piperidine rings is 1. The van der Waals surface area contributed by atoms with Crippen molar-refractivity contribution in [3.8, 4) is 11.3 Å². The Morgan fingerprint density at radius 1 is 1.09 bits per heavy atom. The molecule has 0 radical (unpaired) electrons. The number of hydrogen-bond acceptors (Lipinski definition) is 6. The van der Waals surface area contributed by atoms with Crippen LogP contribution in [0.4, 0.5) is 5.69 Å². The molecule has 2 aromatic heterocycles. The average Bonchev–Trinajstić information content (AvgIpc) is 3.58. The lowest BCUT2D eigenvalue weighted by Gasteiger charge is -2.32. The molecule has 1 aliphatic heterocycles. The van der Waals surface area contributed by atoms with Gasteiger partial charge in [-0.15, -0.1) is 0 Å². The summed E-state index contributed by atoms with van der Waals surface area (Å²) in [5, 5.41) is 14.4. The first-order chi connectivity index (χ1) is 16.0. The first-order valence-electron chi connectivity index (χ1n) is 10.9. The highest BCUT2D eigenvalue weighted by Crippen LogP contribution is 2.46. The van der Waals surface area contributed by atoms with Crippen molar-refractivity contribution < 1.29 is 14.4 Å².